The third kappa shape index (κ3) is 2.38. The number of amides is 1. The number of primary amides is 1. The second-order valence-electron chi connectivity index (χ2n) is 3.35. The first-order chi connectivity index (χ1) is 7.48. The fraction of sp³-hybridized carbons (Fsp3) is 0.429. The Labute approximate surface area is 96.2 Å². The molecule has 1 amide bonds. The monoisotopic (exact) mass is 262 g/mol. The number of carbonyl (C=O) groups excluding carboxylic acids is 1. The number of rotatable bonds is 2. The van der Waals surface area contributed by atoms with Gasteiger partial charge in [0.2, 0.25) is 5.91 Å². The Bertz CT molecular complexity index is 484. The molecule has 0 spiro atoms. The molecular formula is C7H10N4O3S2. The molecule has 88 valence electrons. The zero-order valence-electron chi connectivity index (χ0n) is 8.08. The van der Waals surface area contributed by atoms with E-state index in [0.29, 0.717) is 5.01 Å². The first-order valence-electron chi connectivity index (χ1n) is 4.46. The molecule has 2 unspecified atom stereocenters. The number of nitrogens with zero attached hydrogens (tertiary/aromatic N) is 1. The highest BCUT2D eigenvalue weighted by atomic mass is 32.2. The second-order valence-corrected chi connectivity index (χ2v) is 5.76. The molecule has 7 nitrogen and oxygen atoms in total. The van der Waals surface area contributed by atoms with Crippen LogP contribution < -0.4 is 15.2 Å². The van der Waals surface area contributed by atoms with Crippen molar-refractivity contribution in [2.24, 2.45) is 5.73 Å². The molecule has 0 radical (unpaired) electrons. The zero-order valence-corrected chi connectivity index (χ0v) is 9.72. The first-order valence-corrected chi connectivity index (χ1v) is 6.82. The maximum absolute atomic E-state index is 11.4. The summed E-state index contributed by atoms with van der Waals surface area (Å²) in [5.74, 6) is -0.688. The molecule has 1 fully saturated rings. The summed E-state index contributed by atoms with van der Waals surface area (Å²) in [5.41, 5.74) is 5.09. The Kier molecular flexibility index (Phi) is 2.93. The third-order valence-electron chi connectivity index (χ3n) is 2.16. The third-order valence-corrected chi connectivity index (χ3v) is 4.24. The maximum Gasteiger partial charge on any atom is 0.278 e. The summed E-state index contributed by atoms with van der Waals surface area (Å²) < 4.78 is 27.4. The number of hydrogen-bond donors (Lipinski definition) is 3. The van der Waals surface area contributed by atoms with Gasteiger partial charge in [0.15, 0.2) is 0 Å². The van der Waals surface area contributed by atoms with Crippen LogP contribution in [0.25, 0.3) is 0 Å². The van der Waals surface area contributed by atoms with Crippen molar-refractivity contribution >= 4 is 27.5 Å². The molecule has 2 atom stereocenters. The predicted octanol–water partition coefficient (Wildman–Crippen LogP) is -1.13. The van der Waals surface area contributed by atoms with Crippen molar-refractivity contribution in [1.82, 2.24) is 14.4 Å². The summed E-state index contributed by atoms with van der Waals surface area (Å²) >= 11 is 1.33. The van der Waals surface area contributed by atoms with Gasteiger partial charge in [-0.2, -0.15) is 17.9 Å². The van der Waals surface area contributed by atoms with Gasteiger partial charge < -0.3 is 5.73 Å². The molecular weight excluding hydrogens is 252 g/mol. The van der Waals surface area contributed by atoms with Gasteiger partial charge in [-0.25, -0.2) is 4.98 Å². The predicted molar refractivity (Wildman–Crippen MR) is 57.6 cm³/mol. The van der Waals surface area contributed by atoms with Crippen LogP contribution in [0.3, 0.4) is 0 Å². The zero-order chi connectivity index (χ0) is 11.8. The standard InChI is InChI=1S/C7H10N4O3S2/c8-6(12)4-3-5(7-9-1-2-15-7)11-16(13,14)10-4/h1-2,4-5,10-11H,3H2,(H2,8,12). The Morgan fingerprint density at radius 1 is 1.56 bits per heavy atom. The van der Waals surface area contributed by atoms with Crippen molar-refractivity contribution in [2.75, 3.05) is 0 Å². The average molecular weight is 262 g/mol. The van der Waals surface area contributed by atoms with E-state index in [4.69, 9.17) is 5.73 Å². The van der Waals surface area contributed by atoms with Crippen LogP contribution in [0.4, 0.5) is 0 Å². The molecule has 0 bridgehead atoms. The highest BCUT2D eigenvalue weighted by Crippen LogP contribution is 2.24. The first kappa shape index (κ1) is 11.5. The van der Waals surface area contributed by atoms with Crippen LogP contribution in [0, 0.1) is 0 Å². The minimum absolute atomic E-state index is 0.266. The van der Waals surface area contributed by atoms with Crippen LogP contribution >= 0.6 is 11.3 Å². The molecule has 0 saturated carbocycles. The molecule has 2 heterocycles. The van der Waals surface area contributed by atoms with Crippen LogP contribution in [-0.4, -0.2) is 25.4 Å². The van der Waals surface area contributed by atoms with Crippen molar-refractivity contribution in [1.29, 1.82) is 0 Å². The van der Waals surface area contributed by atoms with Gasteiger partial charge in [-0.3, -0.25) is 4.79 Å². The van der Waals surface area contributed by atoms with E-state index in [0.717, 1.165) is 0 Å². The SMILES string of the molecule is NC(=O)C1CC(c2nccs2)NS(=O)(=O)N1. The van der Waals surface area contributed by atoms with Crippen LogP contribution in [0.1, 0.15) is 17.5 Å². The summed E-state index contributed by atoms with van der Waals surface area (Å²) in [7, 11) is -3.69. The number of hydrogen-bond acceptors (Lipinski definition) is 5. The van der Waals surface area contributed by atoms with E-state index in [1.165, 1.54) is 11.3 Å². The summed E-state index contributed by atoms with van der Waals surface area (Å²) in [4.78, 5) is 15.0. The van der Waals surface area contributed by atoms with Crippen LogP contribution in [-0.2, 0) is 15.0 Å². The average Bonchev–Trinajstić information content (AvgIpc) is 2.67. The molecule has 16 heavy (non-hydrogen) atoms. The van der Waals surface area contributed by atoms with Gasteiger partial charge in [-0.1, -0.05) is 0 Å². The summed E-state index contributed by atoms with van der Waals surface area (Å²) in [6.07, 6.45) is 1.84. The van der Waals surface area contributed by atoms with E-state index in [-0.39, 0.29) is 6.42 Å². The van der Waals surface area contributed by atoms with E-state index in [1.807, 2.05) is 0 Å². The van der Waals surface area contributed by atoms with Gasteiger partial charge in [0.05, 0.1) is 6.04 Å². The highest BCUT2D eigenvalue weighted by Gasteiger charge is 2.35. The summed E-state index contributed by atoms with van der Waals surface area (Å²) in [6, 6.07) is -1.39. The Balaban J connectivity index is 2.25. The van der Waals surface area contributed by atoms with Gasteiger partial charge >= 0.3 is 0 Å². The van der Waals surface area contributed by atoms with Crippen molar-refractivity contribution in [2.45, 2.75) is 18.5 Å². The molecule has 1 aliphatic heterocycles. The molecule has 1 aromatic rings. The second kappa shape index (κ2) is 4.09. The lowest BCUT2D eigenvalue weighted by Crippen LogP contribution is -2.55. The summed E-state index contributed by atoms with van der Waals surface area (Å²) in [6.45, 7) is 0. The Hall–Kier alpha value is -1.03. The molecule has 1 saturated heterocycles. The lowest BCUT2D eigenvalue weighted by Gasteiger charge is -2.27. The van der Waals surface area contributed by atoms with Gasteiger partial charge in [0, 0.05) is 11.6 Å². The van der Waals surface area contributed by atoms with Crippen molar-refractivity contribution in [3.63, 3.8) is 0 Å². The van der Waals surface area contributed by atoms with E-state index in [1.54, 1.807) is 11.6 Å². The number of carbonyl (C=O) groups is 1. The fourth-order valence-corrected chi connectivity index (χ4v) is 3.49. The Morgan fingerprint density at radius 2 is 2.31 bits per heavy atom. The number of nitrogens with two attached hydrogens (primary N) is 1. The number of thiazole rings is 1. The molecule has 1 aromatic heterocycles. The van der Waals surface area contributed by atoms with Gasteiger partial charge in [0.25, 0.3) is 10.2 Å². The van der Waals surface area contributed by atoms with E-state index in [2.05, 4.69) is 14.4 Å². The van der Waals surface area contributed by atoms with Crippen LogP contribution in [0.5, 0.6) is 0 Å². The molecule has 9 heteroatoms. The molecule has 0 aromatic carbocycles. The quantitative estimate of drug-likeness (QED) is 0.625. The minimum Gasteiger partial charge on any atom is -0.368 e. The van der Waals surface area contributed by atoms with Crippen molar-refractivity contribution < 1.29 is 13.2 Å². The van der Waals surface area contributed by atoms with E-state index in [9.17, 15) is 13.2 Å². The molecule has 0 aliphatic carbocycles. The van der Waals surface area contributed by atoms with E-state index >= 15 is 0 Å². The van der Waals surface area contributed by atoms with Crippen LogP contribution in [0.15, 0.2) is 11.6 Å². The van der Waals surface area contributed by atoms with Gasteiger partial charge in [0.1, 0.15) is 11.0 Å². The normalized spacial score (nSPS) is 28.8. The number of nitrogens with one attached hydrogen (secondary N) is 2. The highest BCUT2D eigenvalue weighted by molar-refractivity contribution is 7.87. The maximum atomic E-state index is 11.4. The molecule has 1 aliphatic rings. The smallest absolute Gasteiger partial charge is 0.278 e. The topological polar surface area (TPSA) is 114 Å². The van der Waals surface area contributed by atoms with Gasteiger partial charge in [-0.05, 0) is 6.42 Å². The van der Waals surface area contributed by atoms with Crippen LogP contribution in [0.2, 0.25) is 0 Å². The minimum atomic E-state index is -3.69. The Morgan fingerprint density at radius 3 is 2.88 bits per heavy atom. The molecule has 2 rings (SSSR count). The molecule has 4 N–H and O–H groups in total. The van der Waals surface area contributed by atoms with E-state index < -0.39 is 28.2 Å². The lowest BCUT2D eigenvalue weighted by molar-refractivity contribution is -0.120. The summed E-state index contributed by atoms with van der Waals surface area (Å²) in [5, 5.41) is 2.36. The van der Waals surface area contributed by atoms with Crippen molar-refractivity contribution in [3.8, 4) is 0 Å². The van der Waals surface area contributed by atoms with Crippen molar-refractivity contribution in [3.05, 3.63) is 16.6 Å². The largest absolute Gasteiger partial charge is 0.368 e. The van der Waals surface area contributed by atoms with Gasteiger partial charge in [-0.15, -0.1) is 11.3 Å². The number of aromatic nitrogens is 1. The lowest BCUT2D eigenvalue weighted by atomic mass is 10.1. The fourth-order valence-electron chi connectivity index (χ4n) is 1.47.